The van der Waals surface area contributed by atoms with Crippen LogP contribution in [-0.4, -0.2) is 45.4 Å². The molecule has 0 radical (unpaired) electrons. The smallest absolute Gasteiger partial charge is 0.310 e. The number of halogens is 1. The van der Waals surface area contributed by atoms with Crippen LogP contribution in [0.3, 0.4) is 0 Å². The number of aromatic nitrogens is 1. The van der Waals surface area contributed by atoms with E-state index in [4.69, 9.17) is 4.74 Å². The highest BCUT2D eigenvalue weighted by atomic mass is 32.2. The first-order valence-electron chi connectivity index (χ1n) is 7.96. The fourth-order valence-corrected chi connectivity index (χ4v) is 3.44. The van der Waals surface area contributed by atoms with Crippen molar-refractivity contribution >= 4 is 37.5 Å². The number of H-pyrrole nitrogens is 1. The standard InChI is InChI=1S/C18H22FNO4S/c1-4-24-17(22)10-14-13-6-5-7-15(19)18(13)20-16(14)9-8-12(21)11-25(2,3)23/h5-7,11,20H,4,8-10H2,1-3H3. The molecule has 25 heavy (non-hydrogen) atoms. The van der Waals surface area contributed by atoms with Crippen molar-refractivity contribution in [2.45, 2.75) is 26.2 Å². The van der Waals surface area contributed by atoms with Crippen LogP contribution in [0.4, 0.5) is 4.39 Å². The summed E-state index contributed by atoms with van der Waals surface area (Å²) in [5, 5.41) is 1.83. The van der Waals surface area contributed by atoms with E-state index in [1.165, 1.54) is 23.9 Å². The normalized spacial score (nSPS) is 11.5. The monoisotopic (exact) mass is 367 g/mol. The van der Waals surface area contributed by atoms with E-state index in [0.29, 0.717) is 28.6 Å². The Morgan fingerprint density at radius 3 is 2.68 bits per heavy atom. The van der Waals surface area contributed by atoms with Crippen LogP contribution in [0.25, 0.3) is 10.9 Å². The molecular formula is C18H22FNO4S. The summed E-state index contributed by atoms with van der Waals surface area (Å²) in [6.07, 6.45) is 3.42. The van der Waals surface area contributed by atoms with E-state index in [9.17, 15) is 18.2 Å². The highest BCUT2D eigenvalue weighted by molar-refractivity contribution is 8.01. The molecule has 0 saturated heterocycles. The SMILES string of the molecule is CCOC(=O)Cc1c(CCC(=O)C=S(C)(C)=O)[nH]c2c(F)cccc12. The van der Waals surface area contributed by atoms with Crippen molar-refractivity contribution in [2.24, 2.45) is 0 Å². The zero-order valence-electron chi connectivity index (χ0n) is 14.6. The first-order chi connectivity index (χ1) is 11.7. The third-order valence-electron chi connectivity index (χ3n) is 3.64. The molecule has 1 aromatic carbocycles. The molecule has 0 aliphatic rings. The number of Topliss-reactive ketones (excluding diaryl/α,β-unsaturated/α-hetero) is 1. The number of aryl methyl sites for hydroxylation is 1. The minimum absolute atomic E-state index is 0.00281. The van der Waals surface area contributed by atoms with Crippen molar-refractivity contribution in [1.29, 1.82) is 0 Å². The van der Waals surface area contributed by atoms with Crippen molar-refractivity contribution in [3.05, 3.63) is 35.3 Å². The number of ketones is 1. The molecule has 2 rings (SSSR count). The second-order valence-corrected chi connectivity index (χ2v) is 8.97. The van der Waals surface area contributed by atoms with Gasteiger partial charge in [-0.25, -0.2) is 4.39 Å². The molecular weight excluding hydrogens is 345 g/mol. The molecule has 7 heteroatoms. The number of esters is 1. The molecule has 1 aromatic heterocycles. The zero-order chi connectivity index (χ0) is 18.6. The molecule has 0 atom stereocenters. The van der Waals surface area contributed by atoms with Crippen LogP contribution in [0, 0.1) is 5.82 Å². The van der Waals surface area contributed by atoms with Gasteiger partial charge in [0.25, 0.3) is 0 Å². The van der Waals surface area contributed by atoms with Crippen molar-refractivity contribution in [3.8, 4) is 0 Å². The van der Waals surface area contributed by atoms with Gasteiger partial charge in [0, 0.05) is 35.4 Å². The second-order valence-electron chi connectivity index (χ2n) is 6.12. The number of carbonyl (C=O) groups is 2. The molecule has 0 fully saturated rings. The van der Waals surface area contributed by atoms with E-state index in [1.54, 1.807) is 19.1 Å². The lowest BCUT2D eigenvalue weighted by atomic mass is 10.0. The lowest BCUT2D eigenvalue weighted by Gasteiger charge is -2.05. The predicted molar refractivity (Wildman–Crippen MR) is 98.0 cm³/mol. The Morgan fingerprint density at radius 2 is 2.04 bits per heavy atom. The van der Waals surface area contributed by atoms with Crippen molar-refractivity contribution in [1.82, 2.24) is 4.98 Å². The molecule has 0 saturated carbocycles. The number of nitrogens with one attached hydrogen (secondary N) is 1. The minimum Gasteiger partial charge on any atom is -0.466 e. The fraction of sp³-hybridized carbons (Fsp3) is 0.389. The maximum Gasteiger partial charge on any atom is 0.310 e. The van der Waals surface area contributed by atoms with Crippen LogP contribution in [0.1, 0.15) is 24.6 Å². The fourth-order valence-electron chi connectivity index (χ4n) is 2.69. The van der Waals surface area contributed by atoms with Crippen molar-refractivity contribution < 1.29 is 22.9 Å². The first-order valence-corrected chi connectivity index (χ1v) is 10.4. The molecule has 136 valence electrons. The van der Waals surface area contributed by atoms with Crippen LogP contribution in [0.2, 0.25) is 0 Å². The summed E-state index contributed by atoms with van der Waals surface area (Å²) in [4.78, 5) is 26.8. The van der Waals surface area contributed by atoms with E-state index in [0.717, 1.165) is 0 Å². The molecule has 1 N–H and O–H groups in total. The van der Waals surface area contributed by atoms with E-state index in [1.807, 2.05) is 0 Å². The second kappa shape index (κ2) is 7.82. The lowest BCUT2D eigenvalue weighted by Crippen LogP contribution is -2.11. The van der Waals surface area contributed by atoms with E-state index in [-0.39, 0.29) is 25.2 Å². The van der Waals surface area contributed by atoms with Crippen molar-refractivity contribution in [3.63, 3.8) is 0 Å². The van der Waals surface area contributed by atoms with E-state index >= 15 is 0 Å². The average Bonchev–Trinajstić information content (AvgIpc) is 2.83. The summed E-state index contributed by atoms with van der Waals surface area (Å²) >= 11 is 0. The molecule has 0 amide bonds. The Kier molecular flexibility index (Phi) is 6.00. The minimum atomic E-state index is -2.26. The van der Waals surface area contributed by atoms with Gasteiger partial charge in [-0.1, -0.05) is 12.1 Å². The maximum atomic E-state index is 14.0. The topological polar surface area (TPSA) is 76.2 Å². The molecule has 0 aliphatic carbocycles. The van der Waals surface area contributed by atoms with Gasteiger partial charge >= 0.3 is 5.97 Å². The number of aromatic amines is 1. The average molecular weight is 367 g/mol. The molecule has 0 unspecified atom stereocenters. The maximum absolute atomic E-state index is 14.0. The Bertz CT molecular complexity index is 915. The van der Waals surface area contributed by atoms with Gasteiger partial charge in [0.1, 0.15) is 5.82 Å². The largest absolute Gasteiger partial charge is 0.466 e. The van der Waals surface area contributed by atoms with Gasteiger partial charge in [-0.05, 0) is 34.5 Å². The Balaban J connectivity index is 2.34. The quantitative estimate of drug-likeness (QED) is 0.602. The Hall–Kier alpha value is -2.15. The number of para-hydroxylation sites is 1. The highest BCUT2D eigenvalue weighted by Crippen LogP contribution is 2.26. The van der Waals surface area contributed by atoms with Crippen LogP contribution in [-0.2, 0) is 36.7 Å². The number of hydrogen-bond donors (Lipinski definition) is 1. The third-order valence-corrected chi connectivity index (χ3v) is 4.47. The number of hydrogen-bond acceptors (Lipinski definition) is 4. The molecule has 0 spiro atoms. The summed E-state index contributed by atoms with van der Waals surface area (Å²) in [5.41, 5.74) is 1.56. The number of ether oxygens (including phenoxy) is 1. The van der Waals surface area contributed by atoms with Crippen LogP contribution < -0.4 is 0 Å². The van der Waals surface area contributed by atoms with Gasteiger partial charge in [0.2, 0.25) is 0 Å². The molecule has 2 aromatic rings. The van der Waals surface area contributed by atoms with Gasteiger partial charge in [0.05, 0.1) is 18.5 Å². The molecule has 0 aliphatic heterocycles. The number of rotatable bonds is 7. The van der Waals surface area contributed by atoms with Gasteiger partial charge in [-0.3, -0.25) is 13.8 Å². The highest BCUT2D eigenvalue weighted by Gasteiger charge is 2.18. The van der Waals surface area contributed by atoms with Gasteiger partial charge < -0.3 is 9.72 Å². The number of carbonyl (C=O) groups excluding carboxylic acids is 2. The lowest BCUT2D eigenvalue weighted by molar-refractivity contribution is -0.142. The number of benzene rings is 1. The number of fused-ring (bicyclic) bond motifs is 1. The molecule has 0 bridgehead atoms. The third kappa shape index (κ3) is 5.16. The Labute approximate surface area is 146 Å². The van der Waals surface area contributed by atoms with Gasteiger partial charge in [-0.15, -0.1) is 0 Å². The summed E-state index contributed by atoms with van der Waals surface area (Å²) in [6.45, 7) is 1.98. The van der Waals surface area contributed by atoms with Crippen LogP contribution >= 0.6 is 0 Å². The van der Waals surface area contributed by atoms with Crippen LogP contribution in [0.15, 0.2) is 18.2 Å². The summed E-state index contributed by atoms with van der Waals surface area (Å²) in [6, 6.07) is 4.64. The predicted octanol–water partition coefficient (Wildman–Crippen LogP) is 2.26. The summed E-state index contributed by atoms with van der Waals surface area (Å²) in [7, 11) is -2.26. The molecule has 5 nitrogen and oxygen atoms in total. The first kappa shape index (κ1) is 19.2. The van der Waals surface area contributed by atoms with Gasteiger partial charge in [-0.2, -0.15) is 0 Å². The van der Waals surface area contributed by atoms with Crippen LogP contribution in [0.5, 0.6) is 0 Å². The van der Waals surface area contributed by atoms with Crippen molar-refractivity contribution in [2.75, 3.05) is 19.1 Å². The summed E-state index contributed by atoms with van der Waals surface area (Å²) < 4.78 is 30.7. The zero-order valence-corrected chi connectivity index (χ0v) is 15.4. The van der Waals surface area contributed by atoms with Gasteiger partial charge in [0.15, 0.2) is 5.78 Å². The van der Waals surface area contributed by atoms with E-state index < -0.39 is 21.3 Å². The molecule has 1 heterocycles. The Morgan fingerprint density at radius 1 is 1.32 bits per heavy atom. The van der Waals surface area contributed by atoms with E-state index in [2.05, 4.69) is 4.98 Å². The summed E-state index contributed by atoms with van der Waals surface area (Å²) in [5.74, 6) is -1.06.